The van der Waals surface area contributed by atoms with Crippen LogP contribution in [-0.4, -0.2) is 43.9 Å². The molecule has 0 fully saturated rings. The standard InChI is InChI=1S/C24H26N2O4/c1-26-13-12-24-11-10-18(29-23(27)25-17-6-4-3-5-7-17)14-20(24)30-22-19(28-2)9-8-16(15-26)21(22)24/h3-11,18,20H,12-15H2,1-2H3,(H,25,27). The summed E-state index contributed by atoms with van der Waals surface area (Å²) in [6.45, 7) is 1.86. The SMILES string of the molecule is COc1ccc2c3c1OC1CC(OC(=O)Nc4ccccc4)C=CC31CCN(C)C2. The Labute approximate surface area is 176 Å². The fourth-order valence-electron chi connectivity index (χ4n) is 4.96. The number of carbonyl (C=O) groups excluding carboxylic acids is 1. The molecular weight excluding hydrogens is 380 g/mol. The van der Waals surface area contributed by atoms with Crippen molar-refractivity contribution in [3.63, 3.8) is 0 Å². The summed E-state index contributed by atoms with van der Waals surface area (Å²) in [7, 11) is 3.82. The first-order valence-corrected chi connectivity index (χ1v) is 10.4. The quantitative estimate of drug-likeness (QED) is 0.778. The molecule has 1 spiro atoms. The van der Waals surface area contributed by atoms with Gasteiger partial charge in [-0.15, -0.1) is 0 Å². The van der Waals surface area contributed by atoms with Gasteiger partial charge >= 0.3 is 6.09 Å². The molecule has 6 heteroatoms. The number of nitrogens with zero attached hydrogens (tertiary/aromatic N) is 1. The van der Waals surface area contributed by atoms with Crippen LogP contribution in [0.15, 0.2) is 54.6 Å². The van der Waals surface area contributed by atoms with Crippen LogP contribution in [0.3, 0.4) is 0 Å². The maximum absolute atomic E-state index is 12.4. The molecule has 0 aromatic heterocycles. The summed E-state index contributed by atoms with van der Waals surface area (Å²) >= 11 is 0. The molecule has 3 unspecified atom stereocenters. The van der Waals surface area contributed by atoms with Crippen molar-refractivity contribution in [1.29, 1.82) is 0 Å². The van der Waals surface area contributed by atoms with E-state index in [1.165, 1.54) is 11.1 Å². The number of anilines is 1. The van der Waals surface area contributed by atoms with E-state index in [0.29, 0.717) is 12.1 Å². The van der Waals surface area contributed by atoms with Crippen molar-refractivity contribution in [3.05, 3.63) is 65.7 Å². The lowest BCUT2D eigenvalue weighted by Gasteiger charge is -2.36. The fourth-order valence-corrected chi connectivity index (χ4v) is 4.96. The van der Waals surface area contributed by atoms with Crippen molar-refractivity contribution in [3.8, 4) is 11.5 Å². The molecule has 2 aliphatic heterocycles. The maximum Gasteiger partial charge on any atom is 0.412 e. The maximum atomic E-state index is 12.4. The lowest BCUT2D eigenvalue weighted by Crippen LogP contribution is -2.44. The normalized spacial score (nSPS) is 26.7. The van der Waals surface area contributed by atoms with Gasteiger partial charge in [-0.2, -0.15) is 0 Å². The Hall–Kier alpha value is -2.99. The van der Waals surface area contributed by atoms with Crippen LogP contribution in [0, 0.1) is 0 Å². The van der Waals surface area contributed by atoms with Gasteiger partial charge in [0.2, 0.25) is 0 Å². The molecule has 5 rings (SSSR count). The van der Waals surface area contributed by atoms with E-state index in [1.807, 2.05) is 42.5 Å². The Morgan fingerprint density at radius 1 is 1.23 bits per heavy atom. The zero-order chi connectivity index (χ0) is 20.7. The van der Waals surface area contributed by atoms with Crippen LogP contribution in [0.2, 0.25) is 0 Å². The highest BCUT2D eigenvalue weighted by atomic mass is 16.6. The molecule has 0 bridgehead atoms. The molecule has 3 aliphatic rings. The van der Waals surface area contributed by atoms with Crippen LogP contribution < -0.4 is 14.8 Å². The summed E-state index contributed by atoms with van der Waals surface area (Å²) in [6.07, 6.45) is 4.91. The molecule has 6 nitrogen and oxygen atoms in total. The van der Waals surface area contributed by atoms with Crippen molar-refractivity contribution in [2.45, 2.75) is 37.0 Å². The van der Waals surface area contributed by atoms with Crippen molar-refractivity contribution >= 4 is 11.8 Å². The van der Waals surface area contributed by atoms with Gasteiger partial charge in [0.1, 0.15) is 12.2 Å². The molecule has 2 aromatic rings. The number of hydrogen-bond acceptors (Lipinski definition) is 5. The van der Waals surface area contributed by atoms with E-state index in [-0.39, 0.29) is 17.6 Å². The smallest absolute Gasteiger partial charge is 0.412 e. The average Bonchev–Trinajstić information content (AvgIpc) is 3.00. The second kappa shape index (κ2) is 7.36. The van der Waals surface area contributed by atoms with E-state index in [1.54, 1.807) is 7.11 Å². The summed E-state index contributed by atoms with van der Waals surface area (Å²) in [5.74, 6) is 1.61. The number of carbonyl (C=O) groups is 1. The molecule has 0 radical (unpaired) electrons. The van der Waals surface area contributed by atoms with Gasteiger partial charge in [-0.05, 0) is 49.9 Å². The minimum absolute atomic E-state index is 0.0893. The summed E-state index contributed by atoms with van der Waals surface area (Å²) in [6, 6.07) is 13.5. The number of benzene rings is 2. The minimum Gasteiger partial charge on any atom is -0.493 e. The van der Waals surface area contributed by atoms with Crippen molar-refractivity contribution in [2.24, 2.45) is 0 Å². The van der Waals surface area contributed by atoms with Crippen LogP contribution >= 0.6 is 0 Å². The van der Waals surface area contributed by atoms with E-state index in [0.717, 1.165) is 31.0 Å². The number of methoxy groups -OCH3 is 1. The van der Waals surface area contributed by atoms with Crippen LogP contribution in [0.25, 0.3) is 0 Å². The second-order valence-electron chi connectivity index (χ2n) is 8.30. The molecule has 3 atom stereocenters. The van der Waals surface area contributed by atoms with Gasteiger partial charge in [-0.25, -0.2) is 4.79 Å². The average molecular weight is 406 g/mol. The Morgan fingerprint density at radius 3 is 2.87 bits per heavy atom. The van der Waals surface area contributed by atoms with Gasteiger partial charge in [-0.1, -0.05) is 30.3 Å². The highest BCUT2D eigenvalue weighted by molar-refractivity contribution is 5.84. The highest BCUT2D eigenvalue weighted by Crippen LogP contribution is 2.55. The summed E-state index contributed by atoms with van der Waals surface area (Å²) < 4.78 is 17.8. The van der Waals surface area contributed by atoms with Crippen LogP contribution in [0.5, 0.6) is 11.5 Å². The summed E-state index contributed by atoms with van der Waals surface area (Å²) in [4.78, 5) is 14.7. The molecule has 2 aromatic carbocycles. The number of para-hydroxylation sites is 1. The van der Waals surface area contributed by atoms with E-state index in [4.69, 9.17) is 14.2 Å². The van der Waals surface area contributed by atoms with Crippen molar-refractivity contribution < 1.29 is 19.0 Å². The molecular formula is C24H26N2O4. The molecule has 1 N–H and O–H groups in total. The Bertz CT molecular complexity index is 990. The molecule has 0 saturated heterocycles. The Balaban J connectivity index is 1.41. The van der Waals surface area contributed by atoms with E-state index < -0.39 is 6.09 Å². The van der Waals surface area contributed by atoms with E-state index in [2.05, 4.69) is 29.4 Å². The first kappa shape index (κ1) is 19.0. The molecule has 0 saturated carbocycles. The monoisotopic (exact) mass is 406 g/mol. The third kappa shape index (κ3) is 3.12. The summed E-state index contributed by atoms with van der Waals surface area (Å²) in [5.41, 5.74) is 3.02. The van der Waals surface area contributed by atoms with Gasteiger partial charge in [-0.3, -0.25) is 5.32 Å². The van der Waals surface area contributed by atoms with Gasteiger partial charge in [0.25, 0.3) is 0 Å². The first-order chi connectivity index (χ1) is 14.6. The van der Waals surface area contributed by atoms with E-state index in [9.17, 15) is 4.79 Å². The molecule has 1 amide bonds. The van der Waals surface area contributed by atoms with Crippen LogP contribution in [0.1, 0.15) is 24.0 Å². The predicted octanol–water partition coefficient (Wildman–Crippen LogP) is 4.11. The zero-order valence-corrected chi connectivity index (χ0v) is 17.3. The van der Waals surface area contributed by atoms with Gasteiger partial charge in [0, 0.05) is 24.2 Å². The molecule has 1 aliphatic carbocycles. The molecule has 30 heavy (non-hydrogen) atoms. The van der Waals surface area contributed by atoms with Crippen molar-refractivity contribution in [1.82, 2.24) is 4.90 Å². The predicted molar refractivity (Wildman–Crippen MR) is 114 cm³/mol. The number of ether oxygens (including phenoxy) is 3. The molecule has 2 heterocycles. The molecule has 156 valence electrons. The van der Waals surface area contributed by atoms with Crippen molar-refractivity contribution in [2.75, 3.05) is 26.0 Å². The number of rotatable bonds is 3. The lowest BCUT2D eigenvalue weighted by molar-refractivity contribution is 0.0667. The number of hydrogen-bond donors (Lipinski definition) is 1. The van der Waals surface area contributed by atoms with Gasteiger partial charge in [0.05, 0.1) is 12.5 Å². The third-order valence-electron chi connectivity index (χ3n) is 6.41. The van der Waals surface area contributed by atoms with Crippen LogP contribution in [0.4, 0.5) is 10.5 Å². The third-order valence-corrected chi connectivity index (χ3v) is 6.41. The summed E-state index contributed by atoms with van der Waals surface area (Å²) in [5, 5.41) is 2.78. The largest absolute Gasteiger partial charge is 0.493 e. The fraction of sp³-hybridized carbons (Fsp3) is 0.375. The second-order valence-corrected chi connectivity index (χ2v) is 8.30. The van der Waals surface area contributed by atoms with Crippen LogP contribution in [-0.2, 0) is 16.7 Å². The number of amides is 1. The topological polar surface area (TPSA) is 60.0 Å². The Morgan fingerprint density at radius 2 is 2.07 bits per heavy atom. The van der Waals surface area contributed by atoms with Gasteiger partial charge in [0.15, 0.2) is 11.5 Å². The Kier molecular flexibility index (Phi) is 4.66. The zero-order valence-electron chi connectivity index (χ0n) is 17.3. The highest BCUT2D eigenvalue weighted by Gasteiger charge is 2.53. The minimum atomic E-state index is -0.457. The first-order valence-electron chi connectivity index (χ1n) is 10.4. The van der Waals surface area contributed by atoms with Gasteiger partial charge < -0.3 is 19.1 Å². The van der Waals surface area contributed by atoms with E-state index >= 15 is 0 Å². The lowest BCUT2D eigenvalue weighted by atomic mass is 9.69. The number of nitrogens with one attached hydrogen (secondary N) is 1.